The Morgan fingerprint density at radius 1 is 1.40 bits per heavy atom. The van der Waals surface area contributed by atoms with Crippen LogP contribution in [0, 0.1) is 0 Å². The Labute approximate surface area is 120 Å². The standard InChI is InChI=1S/C12H17N3O4S/c13-10(16)2-1-9(11(17)18)15-12(19)14-5-3-8-4-6-20-7-8/h4,6-7,9H,1-3,5H2,(H2,13,16)(H,17,18)(H2,14,15,19)/t9-/m1/s1. The number of hydrogen-bond donors (Lipinski definition) is 4. The second-order valence-corrected chi connectivity index (χ2v) is 4.96. The molecule has 3 amide bonds. The van der Waals surface area contributed by atoms with Crippen molar-refractivity contribution in [3.05, 3.63) is 22.4 Å². The number of urea groups is 1. The molecule has 8 heteroatoms. The van der Waals surface area contributed by atoms with Gasteiger partial charge in [-0.2, -0.15) is 11.3 Å². The van der Waals surface area contributed by atoms with Crippen LogP contribution in [0.25, 0.3) is 0 Å². The molecule has 1 aromatic heterocycles. The first-order valence-corrected chi connectivity index (χ1v) is 7.00. The predicted molar refractivity (Wildman–Crippen MR) is 74.4 cm³/mol. The Kier molecular flexibility index (Phi) is 6.51. The fourth-order valence-electron chi connectivity index (χ4n) is 1.51. The first kappa shape index (κ1) is 16.0. The number of aliphatic carboxylic acids is 1. The normalized spacial score (nSPS) is 11.6. The van der Waals surface area contributed by atoms with Crippen LogP contribution in [0.1, 0.15) is 18.4 Å². The third kappa shape index (κ3) is 6.19. The maximum Gasteiger partial charge on any atom is 0.326 e. The van der Waals surface area contributed by atoms with E-state index in [9.17, 15) is 14.4 Å². The summed E-state index contributed by atoms with van der Waals surface area (Å²) in [6, 6.07) is 0.262. The number of nitrogens with two attached hydrogens (primary N) is 1. The fourth-order valence-corrected chi connectivity index (χ4v) is 2.21. The zero-order chi connectivity index (χ0) is 15.0. The lowest BCUT2D eigenvalue weighted by atomic mass is 10.1. The van der Waals surface area contributed by atoms with Gasteiger partial charge < -0.3 is 21.5 Å². The fraction of sp³-hybridized carbons (Fsp3) is 0.417. The molecule has 1 heterocycles. The van der Waals surface area contributed by atoms with Gasteiger partial charge in [0.05, 0.1) is 0 Å². The van der Waals surface area contributed by atoms with Crippen LogP contribution in [-0.2, 0) is 16.0 Å². The highest BCUT2D eigenvalue weighted by Gasteiger charge is 2.20. The number of hydrogen-bond acceptors (Lipinski definition) is 4. The summed E-state index contributed by atoms with van der Waals surface area (Å²) in [4.78, 5) is 33.1. The molecule has 0 aliphatic carbocycles. The molecular weight excluding hydrogens is 282 g/mol. The average molecular weight is 299 g/mol. The van der Waals surface area contributed by atoms with Crippen LogP contribution in [0.2, 0.25) is 0 Å². The molecule has 7 nitrogen and oxygen atoms in total. The maximum absolute atomic E-state index is 11.5. The van der Waals surface area contributed by atoms with Crippen molar-refractivity contribution in [3.8, 4) is 0 Å². The highest BCUT2D eigenvalue weighted by molar-refractivity contribution is 7.07. The number of carboxylic acid groups (broad SMARTS) is 1. The minimum Gasteiger partial charge on any atom is -0.480 e. The summed E-state index contributed by atoms with van der Waals surface area (Å²) < 4.78 is 0. The van der Waals surface area contributed by atoms with E-state index in [1.165, 1.54) is 0 Å². The molecule has 0 unspecified atom stereocenters. The molecule has 0 radical (unpaired) electrons. The second kappa shape index (κ2) is 8.16. The second-order valence-electron chi connectivity index (χ2n) is 4.18. The van der Waals surface area contributed by atoms with Crippen molar-refractivity contribution in [1.82, 2.24) is 10.6 Å². The number of primary amides is 1. The zero-order valence-electron chi connectivity index (χ0n) is 10.8. The number of amides is 3. The molecule has 0 saturated carbocycles. The summed E-state index contributed by atoms with van der Waals surface area (Å²) in [6.07, 6.45) is 0.560. The van der Waals surface area contributed by atoms with Gasteiger partial charge in [-0.1, -0.05) is 0 Å². The average Bonchev–Trinajstić information content (AvgIpc) is 2.87. The SMILES string of the molecule is NC(=O)CC[C@@H](NC(=O)NCCc1ccsc1)C(=O)O. The first-order chi connectivity index (χ1) is 9.49. The minimum absolute atomic E-state index is 0.0252. The Morgan fingerprint density at radius 3 is 2.70 bits per heavy atom. The molecule has 0 bridgehead atoms. The largest absolute Gasteiger partial charge is 0.480 e. The van der Waals surface area contributed by atoms with Gasteiger partial charge in [0.1, 0.15) is 6.04 Å². The van der Waals surface area contributed by atoms with Crippen LogP contribution in [0.15, 0.2) is 16.8 Å². The molecule has 0 spiro atoms. The molecule has 1 atom stereocenters. The van der Waals surface area contributed by atoms with E-state index in [0.29, 0.717) is 13.0 Å². The van der Waals surface area contributed by atoms with Gasteiger partial charge >= 0.3 is 12.0 Å². The Balaban J connectivity index is 2.30. The lowest BCUT2D eigenvalue weighted by molar-refractivity contribution is -0.139. The van der Waals surface area contributed by atoms with Crippen molar-refractivity contribution in [2.45, 2.75) is 25.3 Å². The minimum atomic E-state index is -1.20. The van der Waals surface area contributed by atoms with E-state index in [0.717, 1.165) is 5.56 Å². The molecular formula is C12H17N3O4S. The highest BCUT2D eigenvalue weighted by Crippen LogP contribution is 2.05. The summed E-state index contributed by atoms with van der Waals surface area (Å²) in [6.45, 7) is 0.407. The van der Waals surface area contributed by atoms with E-state index in [1.54, 1.807) is 11.3 Å². The summed E-state index contributed by atoms with van der Waals surface area (Å²) in [7, 11) is 0. The molecule has 0 fully saturated rings. The Hall–Kier alpha value is -2.09. The van der Waals surface area contributed by atoms with Crippen LogP contribution < -0.4 is 16.4 Å². The number of carboxylic acids is 1. The molecule has 20 heavy (non-hydrogen) atoms. The van der Waals surface area contributed by atoms with Crippen molar-refractivity contribution >= 4 is 29.2 Å². The van der Waals surface area contributed by atoms with Gasteiger partial charge in [0.2, 0.25) is 5.91 Å². The van der Waals surface area contributed by atoms with E-state index in [1.807, 2.05) is 16.8 Å². The van der Waals surface area contributed by atoms with Gasteiger partial charge in [-0.3, -0.25) is 4.79 Å². The van der Waals surface area contributed by atoms with E-state index in [-0.39, 0.29) is 12.8 Å². The topological polar surface area (TPSA) is 122 Å². The van der Waals surface area contributed by atoms with E-state index in [4.69, 9.17) is 10.8 Å². The third-order valence-electron chi connectivity index (χ3n) is 2.56. The van der Waals surface area contributed by atoms with Crippen molar-refractivity contribution < 1.29 is 19.5 Å². The molecule has 0 saturated heterocycles. The molecule has 1 aromatic rings. The smallest absolute Gasteiger partial charge is 0.326 e. The van der Waals surface area contributed by atoms with Crippen LogP contribution in [0.4, 0.5) is 4.79 Å². The first-order valence-electron chi connectivity index (χ1n) is 6.05. The zero-order valence-corrected chi connectivity index (χ0v) is 11.6. The van der Waals surface area contributed by atoms with Gasteiger partial charge in [0.25, 0.3) is 0 Å². The van der Waals surface area contributed by atoms with Crippen molar-refractivity contribution in [3.63, 3.8) is 0 Å². The van der Waals surface area contributed by atoms with Crippen LogP contribution in [-0.4, -0.2) is 35.6 Å². The predicted octanol–water partition coefficient (Wildman–Crippen LogP) is 0.308. The Morgan fingerprint density at radius 2 is 2.15 bits per heavy atom. The van der Waals surface area contributed by atoms with Gasteiger partial charge in [0.15, 0.2) is 0 Å². The highest BCUT2D eigenvalue weighted by atomic mass is 32.1. The van der Waals surface area contributed by atoms with Gasteiger partial charge in [0, 0.05) is 13.0 Å². The van der Waals surface area contributed by atoms with E-state index in [2.05, 4.69) is 10.6 Å². The molecule has 5 N–H and O–H groups in total. The Bertz CT molecular complexity index is 461. The molecule has 110 valence electrons. The van der Waals surface area contributed by atoms with Gasteiger partial charge in [-0.05, 0) is 35.2 Å². The summed E-state index contributed by atoms with van der Waals surface area (Å²) in [5, 5.41) is 17.7. The third-order valence-corrected chi connectivity index (χ3v) is 3.29. The summed E-state index contributed by atoms with van der Waals surface area (Å²) in [5.74, 6) is -1.80. The number of thiophene rings is 1. The maximum atomic E-state index is 11.5. The summed E-state index contributed by atoms with van der Waals surface area (Å²) >= 11 is 1.57. The molecule has 0 aliphatic rings. The van der Waals surface area contributed by atoms with Crippen LogP contribution >= 0.6 is 11.3 Å². The molecule has 0 aliphatic heterocycles. The lowest BCUT2D eigenvalue weighted by Crippen LogP contribution is -2.46. The van der Waals surface area contributed by atoms with Crippen molar-refractivity contribution in [1.29, 1.82) is 0 Å². The number of rotatable bonds is 8. The van der Waals surface area contributed by atoms with Crippen molar-refractivity contribution in [2.75, 3.05) is 6.54 Å². The van der Waals surface area contributed by atoms with Crippen molar-refractivity contribution in [2.24, 2.45) is 5.73 Å². The van der Waals surface area contributed by atoms with Crippen LogP contribution in [0.5, 0.6) is 0 Å². The summed E-state index contributed by atoms with van der Waals surface area (Å²) in [5.41, 5.74) is 6.06. The van der Waals surface area contributed by atoms with Gasteiger partial charge in [-0.25, -0.2) is 9.59 Å². The number of carbonyl (C=O) groups excluding carboxylic acids is 2. The van der Waals surface area contributed by atoms with E-state index >= 15 is 0 Å². The molecule has 1 rings (SSSR count). The quantitative estimate of drug-likeness (QED) is 0.552. The number of nitrogens with one attached hydrogen (secondary N) is 2. The van der Waals surface area contributed by atoms with E-state index < -0.39 is 23.9 Å². The number of carbonyl (C=O) groups is 3. The monoisotopic (exact) mass is 299 g/mol. The lowest BCUT2D eigenvalue weighted by Gasteiger charge is -2.14. The van der Waals surface area contributed by atoms with Crippen LogP contribution in [0.3, 0.4) is 0 Å². The van der Waals surface area contributed by atoms with Gasteiger partial charge in [-0.15, -0.1) is 0 Å². The molecule has 0 aromatic carbocycles.